The fourth-order valence-electron chi connectivity index (χ4n) is 2.58. The lowest BCUT2D eigenvalue weighted by atomic mass is 9.98. The summed E-state index contributed by atoms with van der Waals surface area (Å²) in [4.78, 5) is 4.85. The Bertz CT molecular complexity index is 995. The third-order valence-corrected chi connectivity index (χ3v) is 4.91. The Kier molecular flexibility index (Phi) is 5.77. The summed E-state index contributed by atoms with van der Waals surface area (Å²) in [5.74, 6) is 0. The molecular formula is C21H18N4OS. The van der Waals surface area contributed by atoms with E-state index in [1.807, 2.05) is 18.2 Å². The number of hydrogen-bond acceptors (Lipinski definition) is 6. The monoisotopic (exact) mass is 374 g/mol. The van der Waals surface area contributed by atoms with E-state index in [1.54, 1.807) is 54.9 Å². The van der Waals surface area contributed by atoms with Crippen molar-refractivity contribution in [3.8, 4) is 6.07 Å². The van der Waals surface area contributed by atoms with Crippen molar-refractivity contribution in [2.75, 3.05) is 5.73 Å². The van der Waals surface area contributed by atoms with Gasteiger partial charge in [-0.05, 0) is 59.2 Å². The first-order valence-corrected chi connectivity index (χ1v) is 9.01. The minimum Gasteiger partial charge on any atom is -0.399 e. The van der Waals surface area contributed by atoms with Crippen molar-refractivity contribution in [1.82, 2.24) is 4.98 Å². The van der Waals surface area contributed by atoms with Crippen molar-refractivity contribution >= 4 is 23.0 Å². The lowest BCUT2D eigenvalue weighted by Crippen LogP contribution is -2.02. The summed E-state index contributed by atoms with van der Waals surface area (Å²) >= 11 is 1.30. The van der Waals surface area contributed by atoms with Crippen LogP contribution in [0, 0.1) is 11.3 Å². The molecular weight excluding hydrogens is 356 g/mol. The van der Waals surface area contributed by atoms with Crippen LogP contribution in [0.3, 0.4) is 0 Å². The number of aliphatic hydroxyl groups is 1. The molecule has 3 aromatic rings. The van der Waals surface area contributed by atoms with E-state index in [1.165, 1.54) is 11.8 Å². The molecule has 0 bridgehead atoms. The molecule has 0 saturated heterocycles. The molecule has 5 N–H and O–H groups in total. The van der Waals surface area contributed by atoms with E-state index in [0.717, 1.165) is 10.5 Å². The second kappa shape index (κ2) is 8.41. The zero-order valence-electron chi connectivity index (χ0n) is 14.4. The summed E-state index contributed by atoms with van der Waals surface area (Å²) in [5, 5.41) is 20.6. The minimum atomic E-state index is -0.807. The highest BCUT2D eigenvalue weighted by atomic mass is 32.2. The van der Waals surface area contributed by atoms with E-state index in [2.05, 4.69) is 11.1 Å². The Morgan fingerprint density at radius 1 is 1.04 bits per heavy atom. The molecule has 1 unspecified atom stereocenters. The summed E-state index contributed by atoms with van der Waals surface area (Å²) in [6.45, 7) is 0. The lowest BCUT2D eigenvalue weighted by molar-refractivity contribution is 0.220. The van der Waals surface area contributed by atoms with Gasteiger partial charge in [0.05, 0.1) is 10.6 Å². The van der Waals surface area contributed by atoms with Gasteiger partial charge < -0.3 is 16.6 Å². The predicted molar refractivity (Wildman–Crippen MR) is 108 cm³/mol. The third-order valence-electron chi connectivity index (χ3n) is 3.98. The van der Waals surface area contributed by atoms with E-state index in [0.29, 0.717) is 27.4 Å². The SMILES string of the molecule is N#C/C(=C(/N)Sc1ccc(N)cc1)c1cccc(C(O)c2ccncc2)c1. The van der Waals surface area contributed by atoms with Crippen molar-refractivity contribution in [1.29, 1.82) is 5.26 Å². The Morgan fingerprint density at radius 3 is 2.41 bits per heavy atom. The first-order chi connectivity index (χ1) is 13.1. The average molecular weight is 374 g/mol. The highest BCUT2D eigenvalue weighted by Gasteiger charge is 2.14. The molecule has 27 heavy (non-hydrogen) atoms. The first kappa shape index (κ1) is 18.5. The van der Waals surface area contributed by atoms with Gasteiger partial charge in [0.2, 0.25) is 0 Å². The van der Waals surface area contributed by atoms with Crippen molar-refractivity contribution < 1.29 is 5.11 Å². The fraction of sp³-hybridized carbons (Fsp3) is 0.0476. The van der Waals surface area contributed by atoms with E-state index in [4.69, 9.17) is 11.5 Å². The summed E-state index contributed by atoms with van der Waals surface area (Å²) < 4.78 is 0. The number of anilines is 1. The number of nitrogens with zero attached hydrogens (tertiary/aromatic N) is 2. The standard InChI is InChI=1S/C21H18N4OS/c22-13-19(21(24)27-18-6-4-17(23)5-7-18)15-2-1-3-16(12-15)20(26)14-8-10-25-11-9-14/h1-12,20,26H,23-24H2/b21-19+. The lowest BCUT2D eigenvalue weighted by Gasteiger charge is -2.13. The van der Waals surface area contributed by atoms with Gasteiger partial charge in [-0.1, -0.05) is 30.0 Å². The quantitative estimate of drug-likeness (QED) is 0.357. The summed E-state index contributed by atoms with van der Waals surface area (Å²) in [6.07, 6.45) is 2.45. The van der Waals surface area contributed by atoms with Crippen LogP contribution in [0.1, 0.15) is 22.8 Å². The molecule has 5 nitrogen and oxygen atoms in total. The number of aromatic nitrogens is 1. The molecule has 1 atom stereocenters. The van der Waals surface area contributed by atoms with Gasteiger partial charge in [-0.2, -0.15) is 5.26 Å². The van der Waals surface area contributed by atoms with Crippen molar-refractivity contribution in [2.24, 2.45) is 5.73 Å². The van der Waals surface area contributed by atoms with Crippen LogP contribution >= 0.6 is 11.8 Å². The van der Waals surface area contributed by atoms with Crippen molar-refractivity contribution in [3.05, 3.63) is 94.8 Å². The molecule has 0 radical (unpaired) electrons. The molecule has 0 spiro atoms. The Balaban J connectivity index is 1.91. The van der Waals surface area contributed by atoms with Crippen LogP contribution in [-0.2, 0) is 0 Å². The summed E-state index contributed by atoms with van der Waals surface area (Å²) in [7, 11) is 0. The molecule has 0 saturated carbocycles. The second-order valence-electron chi connectivity index (χ2n) is 5.83. The van der Waals surface area contributed by atoms with Crippen LogP contribution in [0.4, 0.5) is 5.69 Å². The summed E-state index contributed by atoms with van der Waals surface area (Å²) in [5.41, 5.74) is 15.0. The molecule has 134 valence electrons. The topological polar surface area (TPSA) is 109 Å². The number of rotatable bonds is 5. The molecule has 0 fully saturated rings. The predicted octanol–water partition coefficient (Wildman–Crippen LogP) is 3.69. The summed E-state index contributed by atoms with van der Waals surface area (Å²) in [6, 6.07) is 20.1. The number of nitrogens with two attached hydrogens (primary N) is 2. The molecule has 2 aromatic carbocycles. The van der Waals surface area contributed by atoms with Gasteiger partial charge in [0.1, 0.15) is 12.2 Å². The van der Waals surface area contributed by atoms with Gasteiger partial charge >= 0.3 is 0 Å². The molecule has 1 heterocycles. The molecule has 6 heteroatoms. The normalized spacial score (nSPS) is 12.7. The maximum absolute atomic E-state index is 10.6. The highest BCUT2D eigenvalue weighted by molar-refractivity contribution is 8.03. The van der Waals surface area contributed by atoms with Crippen molar-refractivity contribution in [3.63, 3.8) is 0 Å². The second-order valence-corrected chi connectivity index (χ2v) is 6.95. The first-order valence-electron chi connectivity index (χ1n) is 8.20. The van der Waals surface area contributed by atoms with Gasteiger partial charge in [0.25, 0.3) is 0 Å². The maximum atomic E-state index is 10.6. The van der Waals surface area contributed by atoms with E-state index in [-0.39, 0.29) is 0 Å². The molecule has 3 rings (SSSR count). The average Bonchev–Trinajstić information content (AvgIpc) is 2.70. The van der Waals surface area contributed by atoms with Crippen molar-refractivity contribution in [2.45, 2.75) is 11.0 Å². The van der Waals surface area contributed by atoms with Crippen LogP contribution in [0.5, 0.6) is 0 Å². The zero-order valence-corrected chi connectivity index (χ0v) is 15.2. The molecule has 0 aliphatic rings. The van der Waals surface area contributed by atoms with E-state index in [9.17, 15) is 10.4 Å². The van der Waals surface area contributed by atoms with Gasteiger partial charge in [0, 0.05) is 23.0 Å². The molecule has 0 amide bonds. The molecule has 0 aliphatic heterocycles. The smallest absolute Gasteiger partial charge is 0.104 e. The van der Waals surface area contributed by atoms with Gasteiger partial charge in [-0.3, -0.25) is 4.98 Å². The number of allylic oxidation sites excluding steroid dienone is 1. The van der Waals surface area contributed by atoms with Gasteiger partial charge in [0.15, 0.2) is 0 Å². The largest absolute Gasteiger partial charge is 0.399 e. The third kappa shape index (κ3) is 4.47. The van der Waals surface area contributed by atoms with E-state index < -0.39 is 6.10 Å². The minimum absolute atomic E-state index is 0.362. The molecule has 0 aliphatic carbocycles. The van der Waals surface area contributed by atoms with Crippen LogP contribution in [0.2, 0.25) is 0 Å². The number of benzene rings is 2. The Hall–Kier alpha value is -3.27. The van der Waals surface area contributed by atoms with Crippen LogP contribution in [-0.4, -0.2) is 10.1 Å². The molecule has 1 aromatic heterocycles. The Morgan fingerprint density at radius 2 is 1.74 bits per heavy atom. The zero-order chi connectivity index (χ0) is 19.2. The fourth-order valence-corrected chi connectivity index (χ4v) is 3.37. The van der Waals surface area contributed by atoms with Crippen LogP contribution in [0.25, 0.3) is 5.57 Å². The number of nitriles is 1. The Labute approximate surface area is 162 Å². The number of aliphatic hydroxyl groups excluding tert-OH is 1. The van der Waals surface area contributed by atoms with Gasteiger partial charge in [-0.15, -0.1) is 0 Å². The maximum Gasteiger partial charge on any atom is 0.104 e. The number of thioether (sulfide) groups is 1. The number of pyridine rings is 1. The highest BCUT2D eigenvalue weighted by Crippen LogP contribution is 2.31. The number of nitrogen functional groups attached to an aromatic ring is 1. The van der Waals surface area contributed by atoms with Crippen LogP contribution in [0.15, 0.2) is 83.0 Å². The van der Waals surface area contributed by atoms with Crippen LogP contribution < -0.4 is 11.5 Å². The van der Waals surface area contributed by atoms with E-state index >= 15 is 0 Å². The number of hydrogen-bond donors (Lipinski definition) is 3. The van der Waals surface area contributed by atoms with Gasteiger partial charge in [-0.25, -0.2) is 0 Å².